The van der Waals surface area contributed by atoms with Crippen molar-refractivity contribution < 1.29 is 19.4 Å². The third-order valence-electron chi connectivity index (χ3n) is 3.60. The molecule has 6 nitrogen and oxygen atoms in total. The van der Waals surface area contributed by atoms with Gasteiger partial charge in [-0.25, -0.2) is 4.79 Å². The molecule has 0 aromatic rings. The van der Waals surface area contributed by atoms with Crippen LogP contribution in [0.25, 0.3) is 0 Å². The molecular formula is C15H30N2O4. The fourth-order valence-corrected chi connectivity index (χ4v) is 2.01. The van der Waals surface area contributed by atoms with E-state index in [-0.39, 0.29) is 25.0 Å². The highest BCUT2D eigenvalue weighted by Gasteiger charge is 2.27. The van der Waals surface area contributed by atoms with Crippen LogP contribution in [0.3, 0.4) is 0 Å². The molecule has 0 rings (SSSR count). The second kappa shape index (κ2) is 11.5. The molecule has 21 heavy (non-hydrogen) atoms. The van der Waals surface area contributed by atoms with Crippen molar-refractivity contribution in [3.63, 3.8) is 0 Å². The molecule has 0 aromatic carbocycles. The van der Waals surface area contributed by atoms with Crippen LogP contribution in [-0.2, 0) is 14.3 Å². The predicted molar refractivity (Wildman–Crippen MR) is 81.8 cm³/mol. The van der Waals surface area contributed by atoms with Crippen molar-refractivity contribution in [2.75, 3.05) is 33.4 Å². The number of rotatable bonds is 11. The van der Waals surface area contributed by atoms with Crippen molar-refractivity contribution in [2.24, 2.45) is 5.92 Å². The van der Waals surface area contributed by atoms with E-state index in [1.165, 1.54) is 7.11 Å². The minimum absolute atomic E-state index is 0.0167. The van der Waals surface area contributed by atoms with E-state index in [4.69, 9.17) is 9.84 Å². The minimum Gasteiger partial charge on any atom is -0.467 e. The molecule has 0 heterocycles. The lowest BCUT2D eigenvalue weighted by Crippen LogP contribution is -2.49. The number of amides is 1. The van der Waals surface area contributed by atoms with Gasteiger partial charge in [0.1, 0.15) is 6.04 Å². The molecule has 1 amide bonds. The predicted octanol–water partition coefficient (Wildman–Crippen LogP) is 0.785. The summed E-state index contributed by atoms with van der Waals surface area (Å²) in [6.07, 6.45) is 2.77. The normalized spacial score (nSPS) is 13.8. The number of nitrogens with one attached hydrogen (secondary N) is 1. The molecule has 0 aliphatic heterocycles. The number of carbonyl (C=O) groups is 2. The zero-order valence-corrected chi connectivity index (χ0v) is 13.7. The second-order valence-electron chi connectivity index (χ2n) is 5.31. The van der Waals surface area contributed by atoms with Crippen molar-refractivity contribution in [3.8, 4) is 0 Å². The number of carbonyl (C=O) groups excluding carboxylic acids is 2. The van der Waals surface area contributed by atoms with Gasteiger partial charge in [0.2, 0.25) is 5.91 Å². The van der Waals surface area contributed by atoms with Crippen LogP contribution in [0.5, 0.6) is 0 Å². The topological polar surface area (TPSA) is 78.9 Å². The average molecular weight is 302 g/mol. The number of unbranched alkanes of at least 4 members (excludes halogenated alkanes) is 1. The molecule has 2 atom stereocenters. The Kier molecular flexibility index (Phi) is 10.9. The first kappa shape index (κ1) is 19.9. The highest BCUT2D eigenvalue weighted by molar-refractivity contribution is 5.85. The van der Waals surface area contributed by atoms with Crippen LogP contribution in [0.4, 0.5) is 0 Å². The van der Waals surface area contributed by atoms with Gasteiger partial charge in [-0.3, -0.25) is 9.69 Å². The summed E-state index contributed by atoms with van der Waals surface area (Å²) in [6, 6.07) is -0.616. The van der Waals surface area contributed by atoms with Crippen LogP contribution in [0.15, 0.2) is 0 Å². The van der Waals surface area contributed by atoms with Crippen LogP contribution in [0.2, 0.25) is 0 Å². The number of esters is 1. The molecule has 0 radical (unpaired) electrons. The first-order chi connectivity index (χ1) is 9.99. The smallest absolute Gasteiger partial charge is 0.328 e. The minimum atomic E-state index is -0.616. The maximum absolute atomic E-state index is 12.1. The Balaban J connectivity index is 4.54. The summed E-state index contributed by atoms with van der Waals surface area (Å²) >= 11 is 0. The molecule has 0 aliphatic carbocycles. The van der Waals surface area contributed by atoms with Crippen LogP contribution in [-0.4, -0.2) is 61.3 Å². The largest absolute Gasteiger partial charge is 0.467 e. The van der Waals surface area contributed by atoms with E-state index in [9.17, 15) is 9.59 Å². The van der Waals surface area contributed by atoms with E-state index in [1.54, 1.807) is 0 Å². The molecule has 0 saturated carbocycles. The molecule has 0 bridgehead atoms. The molecule has 0 saturated heterocycles. The van der Waals surface area contributed by atoms with Gasteiger partial charge in [0.05, 0.1) is 20.3 Å². The summed E-state index contributed by atoms with van der Waals surface area (Å²) in [5.41, 5.74) is 0. The molecule has 2 unspecified atom stereocenters. The number of ether oxygens (including phenoxy) is 1. The number of hydrogen-bond donors (Lipinski definition) is 2. The maximum Gasteiger partial charge on any atom is 0.328 e. The van der Waals surface area contributed by atoms with Crippen molar-refractivity contribution in [1.29, 1.82) is 0 Å². The molecule has 6 heteroatoms. The second-order valence-corrected chi connectivity index (χ2v) is 5.31. The molecule has 0 spiro atoms. The number of aliphatic hydroxyl groups excluding tert-OH is 1. The van der Waals surface area contributed by atoms with Crippen LogP contribution < -0.4 is 5.32 Å². The van der Waals surface area contributed by atoms with E-state index in [0.717, 1.165) is 25.8 Å². The first-order valence-electron chi connectivity index (χ1n) is 7.70. The van der Waals surface area contributed by atoms with Crippen molar-refractivity contribution in [2.45, 2.75) is 46.1 Å². The van der Waals surface area contributed by atoms with Gasteiger partial charge in [-0.05, 0) is 18.9 Å². The Morgan fingerprint density at radius 1 is 1.29 bits per heavy atom. The number of methoxy groups -OCH3 is 1. The lowest BCUT2D eigenvalue weighted by atomic mass is 9.99. The Labute approximate surface area is 127 Å². The van der Waals surface area contributed by atoms with Crippen LogP contribution >= 0.6 is 0 Å². The summed E-state index contributed by atoms with van der Waals surface area (Å²) in [5, 5.41) is 11.8. The lowest BCUT2D eigenvalue weighted by Gasteiger charge is -2.25. The molecule has 0 fully saturated rings. The van der Waals surface area contributed by atoms with Crippen molar-refractivity contribution >= 4 is 11.9 Å². The highest BCUT2D eigenvalue weighted by Crippen LogP contribution is 2.09. The molecule has 0 aliphatic rings. The Hall–Kier alpha value is -1.14. The van der Waals surface area contributed by atoms with Gasteiger partial charge in [0, 0.05) is 6.54 Å². The summed E-state index contributed by atoms with van der Waals surface area (Å²) in [7, 11) is 1.32. The Morgan fingerprint density at radius 3 is 2.43 bits per heavy atom. The van der Waals surface area contributed by atoms with Gasteiger partial charge < -0.3 is 15.2 Å². The first-order valence-corrected chi connectivity index (χ1v) is 7.70. The summed E-state index contributed by atoms with van der Waals surface area (Å²) in [6.45, 7) is 7.37. The average Bonchev–Trinajstić information content (AvgIpc) is 2.48. The summed E-state index contributed by atoms with van der Waals surface area (Å²) in [4.78, 5) is 25.7. The third-order valence-corrected chi connectivity index (χ3v) is 3.60. The van der Waals surface area contributed by atoms with Crippen molar-refractivity contribution in [1.82, 2.24) is 10.2 Å². The van der Waals surface area contributed by atoms with E-state index >= 15 is 0 Å². The van der Waals surface area contributed by atoms with Gasteiger partial charge in [-0.2, -0.15) is 0 Å². The quantitative estimate of drug-likeness (QED) is 0.552. The SMILES string of the molecule is CCCCN(CCO)CC(=O)NC(C(=O)OC)C(C)CC. The number of hydrogen-bond acceptors (Lipinski definition) is 5. The number of nitrogens with zero attached hydrogens (tertiary/aromatic N) is 1. The van der Waals surface area contributed by atoms with E-state index < -0.39 is 12.0 Å². The van der Waals surface area contributed by atoms with Gasteiger partial charge in [0.25, 0.3) is 0 Å². The third kappa shape index (κ3) is 8.02. The zero-order valence-electron chi connectivity index (χ0n) is 13.7. The fraction of sp³-hybridized carbons (Fsp3) is 0.867. The van der Waals surface area contributed by atoms with Gasteiger partial charge in [-0.1, -0.05) is 33.6 Å². The van der Waals surface area contributed by atoms with Gasteiger partial charge in [0.15, 0.2) is 0 Å². The lowest BCUT2D eigenvalue weighted by molar-refractivity contribution is -0.146. The monoisotopic (exact) mass is 302 g/mol. The van der Waals surface area contributed by atoms with E-state index in [2.05, 4.69) is 12.2 Å². The van der Waals surface area contributed by atoms with Crippen LogP contribution in [0.1, 0.15) is 40.0 Å². The van der Waals surface area contributed by atoms with Crippen molar-refractivity contribution in [3.05, 3.63) is 0 Å². The number of aliphatic hydroxyl groups is 1. The highest BCUT2D eigenvalue weighted by atomic mass is 16.5. The van der Waals surface area contributed by atoms with Gasteiger partial charge in [-0.15, -0.1) is 0 Å². The van der Waals surface area contributed by atoms with Gasteiger partial charge >= 0.3 is 5.97 Å². The fourth-order valence-electron chi connectivity index (χ4n) is 2.01. The summed E-state index contributed by atoms with van der Waals surface area (Å²) < 4.78 is 4.75. The maximum atomic E-state index is 12.1. The van der Waals surface area contributed by atoms with Crippen LogP contribution in [0, 0.1) is 5.92 Å². The zero-order chi connectivity index (χ0) is 16.3. The van der Waals surface area contributed by atoms with E-state index in [0.29, 0.717) is 6.54 Å². The Bertz CT molecular complexity index is 310. The summed E-state index contributed by atoms with van der Waals surface area (Å²) in [5.74, 6) is -0.612. The molecule has 0 aromatic heterocycles. The van der Waals surface area contributed by atoms with E-state index in [1.807, 2.05) is 18.7 Å². The standard InChI is InChI=1S/C15H30N2O4/c1-5-7-8-17(9-10-18)11-13(19)16-14(12(3)6-2)15(20)21-4/h12,14,18H,5-11H2,1-4H3,(H,16,19). The molecular weight excluding hydrogens is 272 g/mol. The Morgan fingerprint density at radius 2 is 1.95 bits per heavy atom. The molecule has 2 N–H and O–H groups in total. The molecule has 124 valence electrons.